The first kappa shape index (κ1) is 22.3. The molecule has 3 aliphatic rings. The van der Waals surface area contributed by atoms with Gasteiger partial charge in [0, 0.05) is 44.6 Å². The van der Waals surface area contributed by atoms with Crippen molar-refractivity contribution in [3.05, 3.63) is 35.9 Å². The molecule has 3 fully saturated rings. The Morgan fingerprint density at radius 1 is 1.03 bits per heavy atom. The molecule has 1 aromatic rings. The number of amides is 2. The van der Waals surface area contributed by atoms with Crippen molar-refractivity contribution in [3.63, 3.8) is 0 Å². The fourth-order valence-corrected chi connectivity index (χ4v) is 6.37. The van der Waals surface area contributed by atoms with E-state index in [0.717, 1.165) is 63.7 Å². The Morgan fingerprint density at radius 3 is 2.26 bits per heavy atom. The molecule has 2 aliphatic heterocycles. The van der Waals surface area contributed by atoms with Gasteiger partial charge in [0.2, 0.25) is 11.8 Å². The highest BCUT2D eigenvalue weighted by molar-refractivity contribution is 5.89. The average molecular weight is 427 g/mol. The van der Waals surface area contributed by atoms with Crippen LogP contribution in [0.4, 0.5) is 0 Å². The van der Waals surface area contributed by atoms with Crippen LogP contribution in [0.5, 0.6) is 0 Å². The van der Waals surface area contributed by atoms with Crippen LogP contribution in [0.2, 0.25) is 0 Å². The van der Waals surface area contributed by atoms with Crippen LogP contribution in [0.15, 0.2) is 30.3 Å². The molecule has 2 saturated heterocycles. The van der Waals surface area contributed by atoms with Gasteiger partial charge in [0.1, 0.15) is 0 Å². The van der Waals surface area contributed by atoms with Gasteiger partial charge in [0.25, 0.3) is 0 Å². The van der Waals surface area contributed by atoms with E-state index < -0.39 is 0 Å². The van der Waals surface area contributed by atoms with Crippen molar-refractivity contribution in [2.45, 2.75) is 57.8 Å². The molecule has 0 radical (unpaired) electrons. The van der Waals surface area contributed by atoms with Crippen molar-refractivity contribution in [1.29, 1.82) is 0 Å². The minimum Gasteiger partial charge on any atom is -0.396 e. The smallest absolute Gasteiger partial charge is 0.233 e. The SMILES string of the molecule is CC(C)C(=O)N1CCC([C@@H]2CN(C(=O)C3(c4ccccc4)CCCC3)C[C@H]2CO)CC1. The van der Waals surface area contributed by atoms with E-state index in [-0.39, 0.29) is 35.7 Å². The number of carbonyl (C=O) groups excluding carboxylic acids is 2. The zero-order valence-corrected chi connectivity index (χ0v) is 19.1. The third-order valence-corrected chi connectivity index (χ3v) is 8.16. The summed E-state index contributed by atoms with van der Waals surface area (Å²) in [5.74, 6) is 1.51. The third-order valence-electron chi connectivity index (χ3n) is 8.16. The van der Waals surface area contributed by atoms with Crippen LogP contribution >= 0.6 is 0 Å². The van der Waals surface area contributed by atoms with Gasteiger partial charge in [-0.2, -0.15) is 0 Å². The largest absolute Gasteiger partial charge is 0.396 e. The topological polar surface area (TPSA) is 60.9 Å². The van der Waals surface area contributed by atoms with Crippen molar-refractivity contribution >= 4 is 11.8 Å². The molecule has 0 bridgehead atoms. The van der Waals surface area contributed by atoms with E-state index in [0.29, 0.717) is 18.4 Å². The maximum atomic E-state index is 13.9. The van der Waals surface area contributed by atoms with Crippen molar-refractivity contribution in [2.24, 2.45) is 23.7 Å². The summed E-state index contributed by atoms with van der Waals surface area (Å²) in [7, 11) is 0. The van der Waals surface area contributed by atoms with Gasteiger partial charge in [0.15, 0.2) is 0 Å². The third kappa shape index (κ3) is 4.26. The molecular weight excluding hydrogens is 388 g/mol. The van der Waals surface area contributed by atoms with Gasteiger partial charge in [0.05, 0.1) is 5.41 Å². The molecule has 1 aromatic carbocycles. The van der Waals surface area contributed by atoms with Gasteiger partial charge >= 0.3 is 0 Å². The molecule has 170 valence electrons. The Kier molecular flexibility index (Phi) is 6.71. The number of hydrogen-bond acceptors (Lipinski definition) is 3. The van der Waals surface area contributed by atoms with Crippen LogP contribution in [0.25, 0.3) is 0 Å². The van der Waals surface area contributed by atoms with Gasteiger partial charge in [-0.05, 0) is 43.1 Å². The van der Waals surface area contributed by atoms with E-state index in [4.69, 9.17) is 0 Å². The number of carbonyl (C=O) groups is 2. The molecule has 2 amide bonds. The normalized spacial score (nSPS) is 26.6. The summed E-state index contributed by atoms with van der Waals surface area (Å²) in [5, 5.41) is 10.1. The van der Waals surface area contributed by atoms with E-state index >= 15 is 0 Å². The molecule has 5 heteroatoms. The van der Waals surface area contributed by atoms with Crippen LogP contribution < -0.4 is 0 Å². The van der Waals surface area contributed by atoms with E-state index in [1.54, 1.807) is 0 Å². The summed E-state index contributed by atoms with van der Waals surface area (Å²) in [6.45, 7) is 7.08. The van der Waals surface area contributed by atoms with Crippen LogP contribution in [-0.2, 0) is 15.0 Å². The van der Waals surface area contributed by atoms with Crippen molar-refractivity contribution < 1.29 is 14.7 Å². The Hall–Kier alpha value is -1.88. The summed E-state index contributed by atoms with van der Waals surface area (Å²) >= 11 is 0. The zero-order valence-electron chi connectivity index (χ0n) is 19.1. The number of aliphatic hydroxyl groups excluding tert-OH is 1. The molecule has 0 spiro atoms. The van der Waals surface area contributed by atoms with Crippen molar-refractivity contribution in [1.82, 2.24) is 9.80 Å². The van der Waals surface area contributed by atoms with Crippen LogP contribution in [0, 0.1) is 23.7 Å². The summed E-state index contributed by atoms with van der Waals surface area (Å²) in [4.78, 5) is 30.3. The fourth-order valence-electron chi connectivity index (χ4n) is 6.37. The van der Waals surface area contributed by atoms with Gasteiger partial charge < -0.3 is 14.9 Å². The second kappa shape index (κ2) is 9.32. The van der Waals surface area contributed by atoms with E-state index in [2.05, 4.69) is 17.0 Å². The number of aliphatic hydroxyl groups is 1. The number of rotatable bonds is 5. The molecule has 2 heterocycles. The van der Waals surface area contributed by atoms with Crippen LogP contribution in [0.3, 0.4) is 0 Å². The summed E-state index contributed by atoms with van der Waals surface area (Å²) in [6, 6.07) is 10.3. The van der Waals surface area contributed by atoms with Gasteiger partial charge in [-0.3, -0.25) is 9.59 Å². The molecule has 0 aromatic heterocycles. The van der Waals surface area contributed by atoms with Gasteiger partial charge in [-0.25, -0.2) is 0 Å². The van der Waals surface area contributed by atoms with E-state index in [1.807, 2.05) is 36.9 Å². The average Bonchev–Trinajstić information content (AvgIpc) is 3.47. The summed E-state index contributed by atoms with van der Waals surface area (Å²) in [6.07, 6.45) is 6.01. The molecule has 5 nitrogen and oxygen atoms in total. The molecule has 1 N–H and O–H groups in total. The first-order valence-corrected chi connectivity index (χ1v) is 12.2. The molecule has 2 atom stereocenters. The molecule has 31 heavy (non-hydrogen) atoms. The number of likely N-dealkylation sites (tertiary alicyclic amines) is 2. The fraction of sp³-hybridized carbons (Fsp3) is 0.692. The van der Waals surface area contributed by atoms with Crippen molar-refractivity contribution in [3.8, 4) is 0 Å². The first-order chi connectivity index (χ1) is 15.0. The molecule has 4 rings (SSSR count). The monoisotopic (exact) mass is 426 g/mol. The van der Waals surface area contributed by atoms with Crippen LogP contribution in [0.1, 0.15) is 57.9 Å². The lowest BCUT2D eigenvalue weighted by Gasteiger charge is -2.37. The minimum atomic E-state index is -0.386. The summed E-state index contributed by atoms with van der Waals surface area (Å²) in [5.41, 5.74) is 0.769. The minimum absolute atomic E-state index is 0.0434. The number of benzene rings is 1. The predicted molar refractivity (Wildman–Crippen MR) is 121 cm³/mol. The molecule has 1 saturated carbocycles. The summed E-state index contributed by atoms with van der Waals surface area (Å²) < 4.78 is 0. The maximum absolute atomic E-state index is 13.9. The lowest BCUT2D eigenvalue weighted by molar-refractivity contribution is -0.136. The molecule has 1 aliphatic carbocycles. The van der Waals surface area contributed by atoms with E-state index in [9.17, 15) is 14.7 Å². The second-order valence-corrected chi connectivity index (χ2v) is 10.3. The Morgan fingerprint density at radius 2 is 1.68 bits per heavy atom. The predicted octanol–water partition coefficient (Wildman–Crippen LogP) is 3.46. The highest BCUT2D eigenvalue weighted by atomic mass is 16.3. The highest BCUT2D eigenvalue weighted by Crippen LogP contribution is 2.45. The lowest BCUT2D eigenvalue weighted by atomic mass is 9.77. The van der Waals surface area contributed by atoms with Crippen LogP contribution in [-0.4, -0.2) is 59.5 Å². The van der Waals surface area contributed by atoms with E-state index in [1.165, 1.54) is 0 Å². The number of nitrogens with zero attached hydrogens (tertiary/aromatic N) is 2. The lowest BCUT2D eigenvalue weighted by Crippen LogP contribution is -2.45. The Labute approximate surface area is 186 Å². The Bertz CT molecular complexity index is 764. The highest BCUT2D eigenvalue weighted by Gasteiger charge is 2.49. The number of piperidine rings is 1. The second-order valence-electron chi connectivity index (χ2n) is 10.3. The quantitative estimate of drug-likeness (QED) is 0.784. The molecular formula is C26H38N2O3. The maximum Gasteiger partial charge on any atom is 0.233 e. The van der Waals surface area contributed by atoms with Gasteiger partial charge in [-0.1, -0.05) is 57.0 Å². The zero-order chi connectivity index (χ0) is 22.0. The standard InChI is InChI=1S/C26H38N2O3/c1-19(2)24(30)27-14-10-20(11-15-27)23-17-28(16-21(23)18-29)25(31)26(12-6-7-13-26)22-8-4-3-5-9-22/h3-5,8-9,19-21,23,29H,6-7,10-18H2,1-2H3/t21-,23-/m0/s1. The number of hydrogen-bond donors (Lipinski definition) is 1. The first-order valence-electron chi connectivity index (χ1n) is 12.2. The Balaban J connectivity index is 1.46. The van der Waals surface area contributed by atoms with Crippen molar-refractivity contribution in [2.75, 3.05) is 32.8 Å². The van der Waals surface area contributed by atoms with Gasteiger partial charge in [-0.15, -0.1) is 0 Å². The molecule has 0 unspecified atom stereocenters.